The second-order valence-electron chi connectivity index (χ2n) is 12.8. The van der Waals surface area contributed by atoms with E-state index in [4.69, 9.17) is 0 Å². The molecule has 0 amide bonds. The molecule has 0 bridgehead atoms. The molecule has 19 heteroatoms. The molecule has 0 unspecified atom stereocenters. The van der Waals surface area contributed by atoms with Gasteiger partial charge in [-0.25, -0.2) is 52.7 Å². The van der Waals surface area contributed by atoms with Gasteiger partial charge in [-0.3, -0.25) is 13.8 Å². The zero-order chi connectivity index (χ0) is 40.9. The van der Waals surface area contributed by atoms with Gasteiger partial charge in [-0.05, 0) is 0 Å². The summed E-state index contributed by atoms with van der Waals surface area (Å²) in [6.07, 6.45) is 0. The van der Waals surface area contributed by atoms with Gasteiger partial charge in [0.05, 0.1) is 16.2 Å². The maximum absolute atomic E-state index is 16.3. The van der Waals surface area contributed by atoms with Gasteiger partial charge in [0.1, 0.15) is 33.6 Å². The number of hydrogen-bond acceptors (Lipinski definition) is 3. The van der Waals surface area contributed by atoms with Gasteiger partial charge < -0.3 is 0 Å². The first-order chi connectivity index (χ1) is 27.8. The van der Waals surface area contributed by atoms with Gasteiger partial charge in [-0.15, -0.1) is 0 Å². The molecule has 0 aliphatic heterocycles. The molecule has 0 N–H and O–H groups in total. The van der Waals surface area contributed by atoms with E-state index in [0.29, 0.717) is 0 Å². The van der Waals surface area contributed by atoms with Crippen molar-refractivity contribution in [2.75, 3.05) is 0 Å². The van der Waals surface area contributed by atoms with Crippen LogP contribution in [-0.4, -0.2) is 36.2 Å². The minimum Gasteiger partial charge on any atom is -0.257 e. The molecule has 0 aliphatic carbocycles. The van der Waals surface area contributed by atoms with Gasteiger partial charge in [-0.1, -0.05) is 91.0 Å². The molecule has 9 rings (SSSR count). The summed E-state index contributed by atoms with van der Waals surface area (Å²) in [6.45, 7) is 0. The van der Waals surface area contributed by atoms with Gasteiger partial charge in [0.2, 0.25) is 0 Å². The molecular weight excluding hydrogens is 791 g/mol. The Hall–Kier alpha value is -7.05. The van der Waals surface area contributed by atoms with E-state index in [9.17, 15) is 0 Å². The first-order valence-electron chi connectivity index (χ1n) is 16.7. The summed E-state index contributed by atoms with van der Waals surface area (Å²) in [5.74, 6) is -26.9. The molecule has 3 aromatic heterocycles. The predicted octanol–water partition coefficient (Wildman–Crippen LogP) is 10.3. The van der Waals surface area contributed by atoms with Crippen molar-refractivity contribution in [2.24, 2.45) is 0 Å². The van der Waals surface area contributed by atoms with Crippen LogP contribution in [0.4, 0.5) is 52.7 Å². The smallest absolute Gasteiger partial charge is 0.257 e. The number of aromatic nitrogens is 6. The van der Waals surface area contributed by atoms with Crippen molar-refractivity contribution in [3.63, 3.8) is 0 Å². The Morgan fingerprint density at radius 1 is 0.293 bits per heavy atom. The number of nitrogens with zero attached hydrogens (tertiary/aromatic N) is 6. The van der Waals surface area contributed by atoms with E-state index in [1.165, 1.54) is 91.0 Å². The maximum Gasteiger partial charge on any atom is 0.570 e. The lowest BCUT2D eigenvalue weighted by Gasteiger charge is -2.18. The highest BCUT2D eigenvalue weighted by Crippen LogP contribution is 2.40. The normalized spacial score (nSPS) is 11.8. The molecule has 0 radical (unpaired) electrons. The summed E-state index contributed by atoms with van der Waals surface area (Å²) in [6, 6.07) is 20.4. The maximum atomic E-state index is 16.3. The SMILES string of the molecule is Fc1c(F)c(F)c2c(c(-c3ccccc3)nn2B(n2nc(-c3ccccc3)c3c(F)c(F)c(F)c(F)c32)n2nc(-c3ccccc3)c3c(F)c(F)c(F)c(F)c32)c1F. The first-order valence-corrected chi connectivity index (χ1v) is 16.7. The van der Waals surface area contributed by atoms with Gasteiger partial charge in [-0.2, -0.15) is 15.3 Å². The number of rotatable bonds is 6. The van der Waals surface area contributed by atoms with Gasteiger partial charge in [0.15, 0.2) is 69.8 Å². The van der Waals surface area contributed by atoms with Crippen LogP contribution in [0.15, 0.2) is 91.0 Å². The average Bonchev–Trinajstić information content (AvgIpc) is 3.96. The van der Waals surface area contributed by atoms with Crippen LogP contribution in [0.2, 0.25) is 0 Å². The molecule has 0 atom stereocenters. The van der Waals surface area contributed by atoms with Gasteiger partial charge in [0.25, 0.3) is 0 Å². The largest absolute Gasteiger partial charge is 0.570 e. The minimum absolute atomic E-state index is 0.101. The van der Waals surface area contributed by atoms with E-state index in [-0.39, 0.29) is 30.5 Å². The standard InChI is InChI=1S/C39H15BF12N6/c41-22-19-34(16-10-4-1-5-11-16)53-56(37(19)31(50)28(47)25(22)44)40(57-38-20(23(42)26(45)29(48)32(38)51)35(54-57)17-12-6-2-7-13-17)58-39-21(24(43)27(46)30(49)33(39)52)36(55-58)18-14-8-3-9-15-18/h1-15H. The van der Waals surface area contributed by atoms with Crippen molar-refractivity contribution in [3.05, 3.63) is 161 Å². The van der Waals surface area contributed by atoms with Crippen LogP contribution < -0.4 is 0 Å². The van der Waals surface area contributed by atoms with E-state index in [2.05, 4.69) is 15.3 Å². The summed E-state index contributed by atoms with van der Waals surface area (Å²) >= 11 is 0. The second kappa shape index (κ2) is 13.3. The number of halogens is 12. The fourth-order valence-corrected chi connectivity index (χ4v) is 6.98. The predicted molar refractivity (Wildman–Crippen MR) is 187 cm³/mol. The second-order valence-corrected chi connectivity index (χ2v) is 12.8. The lowest BCUT2D eigenvalue weighted by molar-refractivity contribution is 0.416. The van der Waals surface area contributed by atoms with Crippen molar-refractivity contribution < 1.29 is 52.7 Å². The molecule has 6 nitrogen and oxygen atoms in total. The van der Waals surface area contributed by atoms with Crippen LogP contribution in [0, 0.1) is 69.8 Å². The lowest BCUT2D eigenvalue weighted by Crippen LogP contribution is -2.44. The summed E-state index contributed by atoms with van der Waals surface area (Å²) in [5, 5.41) is 9.28. The van der Waals surface area contributed by atoms with Crippen molar-refractivity contribution in [1.29, 1.82) is 0 Å². The third kappa shape index (κ3) is 5.07. The molecule has 0 spiro atoms. The third-order valence-electron chi connectivity index (χ3n) is 9.55. The van der Waals surface area contributed by atoms with Crippen LogP contribution in [0.3, 0.4) is 0 Å². The highest BCUT2D eigenvalue weighted by atomic mass is 19.2. The Balaban J connectivity index is 1.55. The summed E-state index contributed by atoms with van der Waals surface area (Å²) in [4.78, 5) is 0. The van der Waals surface area contributed by atoms with E-state index >= 15 is 52.7 Å². The number of fused-ring (bicyclic) bond motifs is 3. The van der Waals surface area contributed by atoms with Crippen LogP contribution in [-0.2, 0) is 0 Å². The molecule has 0 fully saturated rings. The number of hydrogen-bond donors (Lipinski definition) is 0. The number of benzene rings is 6. The zero-order valence-electron chi connectivity index (χ0n) is 28.5. The Morgan fingerprint density at radius 2 is 0.517 bits per heavy atom. The van der Waals surface area contributed by atoms with E-state index in [1.807, 2.05) is 0 Å². The Labute approximate surface area is 315 Å². The molecule has 288 valence electrons. The van der Waals surface area contributed by atoms with Crippen molar-refractivity contribution in [3.8, 4) is 33.8 Å². The van der Waals surface area contributed by atoms with E-state index < -0.39 is 127 Å². The molecule has 0 saturated heterocycles. The van der Waals surface area contributed by atoms with Gasteiger partial charge in [0, 0.05) is 16.7 Å². The van der Waals surface area contributed by atoms with Crippen LogP contribution >= 0.6 is 0 Å². The molecule has 3 heterocycles. The molecule has 58 heavy (non-hydrogen) atoms. The fraction of sp³-hybridized carbons (Fsp3) is 0. The summed E-state index contributed by atoms with van der Waals surface area (Å²) < 4.78 is 189. The fourth-order valence-electron chi connectivity index (χ4n) is 6.98. The van der Waals surface area contributed by atoms with E-state index in [0.717, 1.165) is 0 Å². The monoisotopic (exact) mass is 806 g/mol. The Morgan fingerprint density at radius 3 is 0.759 bits per heavy atom. The van der Waals surface area contributed by atoms with Crippen molar-refractivity contribution >= 4 is 39.8 Å². The summed E-state index contributed by atoms with van der Waals surface area (Å²) in [7, 11) is -2.71. The topological polar surface area (TPSA) is 53.5 Å². The molecule has 6 aromatic carbocycles. The lowest BCUT2D eigenvalue weighted by atomic mass is 9.92. The highest BCUT2D eigenvalue weighted by molar-refractivity contribution is 6.56. The Kier molecular flexibility index (Phi) is 8.38. The summed E-state index contributed by atoms with van der Waals surface area (Å²) in [5.41, 5.74) is -6.29. The van der Waals surface area contributed by atoms with Crippen molar-refractivity contribution in [1.82, 2.24) is 29.1 Å². The van der Waals surface area contributed by atoms with Crippen molar-refractivity contribution in [2.45, 2.75) is 0 Å². The molecular formula is C39H15BF12N6. The Bertz CT molecular complexity index is 2820. The third-order valence-corrected chi connectivity index (χ3v) is 9.55. The average molecular weight is 806 g/mol. The minimum atomic E-state index is -2.71. The first kappa shape index (κ1) is 36.6. The van der Waals surface area contributed by atoms with E-state index in [1.54, 1.807) is 0 Å². The molecule has 0 aliphatic rings. The van der Waals surface area contributed by atoms with Crippen LogP contribution in [0.1, 0.15) is 0 Å². The molecule has 0 saturated carbocycles. The molecule has 9 aromatic rings. The van der Waals surface area contributed by atoms with Gasteiger partial charge >= 0.3 is 7.12 Å². The zero-order valence-corrected chi connectivity index (χ0v) is 28.5. The quantitative estimate of drug-likeness (QED) is 0.0728. The highest BCUT2D eigenvalue weighted by Gasteiger charge is 2.42. The van der Waals surface area contributed by atoms with Crippen LogP contribution in [0.5, 0.6) is 0 Å². The van der Waals surface area contributed by atoms with Crippen LogP contribution in [0.25, 0.3) is 66.5 Å².